The van der Waals surface area contributed by atoms with Crippen LogP contribution in [0, 0.1) is 6.92 Å². The average molecular weight is 375 g/mol. The summed E-state index contributed by atoms with van der Waals surface area (Å²) in [7, 11) is 0. The largest absolute Gasteiger partial charge is 0.469 e. The minimum Gasteiger partial charge on any atom is -0.469 e. The van der Waals surface area contributed by atoms with E-state index in [1.165, 1.54) is 11.8 Å². The van der Waals surface area contributed by atoms with Gasteiger partial charge in [0.25, 0.3) is 0 Å². The highest BCUT2D eigenvalue weighted by Crippen LogP contribution is 2.29. The molecule has 8 nitrogen and oxygen atoms in total. The van der Waals surface area contributed by atoms with Crippen molar-refractivity contribution in [3.05, 3.63) is 30.7 Å². The minimum atomic E-state index is -0.508. The van der Waals surface area contributed by atoms with Gasteiger partial charge in [-0.05, 0) is 32.8 Å². The molecule has 0 aliphatic heterocycles. The summed E-state index contributed by atoms with van der Waals surface area (Å²) in [6.07, 6.45) is 5.26. The maximum Gasteiger partial charge on any atom is 0.321 e. The Kier molecular flexibility index (Phi) is 5.46. The Bertz CT molecular complexity index is 824. The summed E-state index contributed by atoms with van der Waals surface area (Å²) in [5, 5.41) is 13.6. The quantitative estimate of drug-likeness (QED) is 0.569. The van der Waals surface area contributed by atoms with Crippen molar-refractivity contribution in [2.75, 3.05) is 0 Å². The lowest BCUT2D eigenvalue weighted by Crippen LogP contribution is -2.43. The van der Waals surface area contributed by atoms with Crippen LogP contribution >= 0.6 is 11.8 Å². The van der Waals surface area contributed by atoms with Crippen LogP contribution in [0.4, 0.5) is 4.79 Å². The van der Waals surface area contributed by atoms with Gasteiger partial charge in [-0.2, -0.15) is 0 Å². The molecule has 2 heterocycles. The number of carbonyl (C=O) groups is 2. The lowest BCUT2D eigenvalue weighted by atomic mass is 10.2. The molecule has 138 valence electrons. The lowest BCUT2D eigenvalue weighted by Gasteiger charge is -2.12. The SMILES string of the molecule is C=CCn1c(SC(C)C(=O)NC(=O)NC2CC2)nnc1-c1ccoc1C. The molecule has 0 saturated heterocycles. The Labute approximate surface area is 155 Å². The van der Waals surface area contributed by atoms with Crippen molar-refractivity contribution in [1.82, 2.24) is 25.4 Å². The summed E-state index contributed by atoms with van der Waals surface area (Å²) in [5.74, 6) is 1.02. The van der Waals surface area contributed by atoms with Crippen LogP contribution < -0.4 is 10.6 Å². The third kappa shape index (κ3) is 4.16. The second kappa shape index (κ2) is 7.77. The molecule has 3 rings (SSSR count). The number of amides is 3. The maximum atomic E-state index is 12.2. The number of nitrogens with zero attached hydrogens (tertiary/aromatic N) is 3. The van der Waals surface area contributed by atoms with Crippen molar-refractivity contribution in [3.8, 4) is 11.4 Å². The van der Waals surface area contributed by atoms with Gasteiger partial charge in [-0.3, -0.25) is 14.7 Å². The molecular formula is C17H21N5O3S. The van der Waals surface area contributed by atoms with Crippen LogP contribution in [0.3, 0.4) is 0 Å². The van der Waals surface area contributed by atoms with Gasteiger partial charge in [-0.15, -0.1) is 16.8 Å². The Hall–Kier alpha value is -2.55. The predicted octanol–water partition coefficient (Wildman–Crippen LogP) is 2.50. The molecule has 1 fully saturated rings. The number of allylic oxidation sites excluding steroid dienone is 1. The number of carbonyl (C=O) groups excluding carboxylic acids is 2. The van der Waals surface area contributed by atoms with Crippen molar-refractivity contribution in [2.45, 2.75) is 49.7 Å². The molecule has 2 aromatic rings. The number of rotatable bonds is 7. The second-order valence-corrected chi connectivity index (χ2v) is 7.40. The topological polar surface area (TPSA) is 102 Å². The van der Waals surface area contributed by atoms with E-state index in [4.69, 9.17) is 4.42 Å². The molecule has 0 radical (unpaired) electrons. The van der Waals surface area contributed by atoms with Crippen molar-refractivity contribution >= 4 is 23.7 Å². The van der Waals surface area contributed by atoms with E-state index in [9.17, 15) is 9.59 Å². The lowest BCUT2D eigenvalue weighted by molar-refractivity contribution is -0.119. The molecule has 1 unspecified atom stereocenters. The van der Waals surface area contributed by atoms with Crippen LogP contribution in [0.25, 0.3) is 11.4 Å². The molecule has 0 spiro atoms. The third-order valence-corrected chi connectivity index (χ3v) is 5.01. The molecule has 0 bridgehead atoms. The summed E-state index contributed by atoms with van der Waals surface area (Å²) in [6, 6.07) is 1.57. The zero-order valence-electron chi connectivity index (χ0n) is 14.7. The maximum absolute atomic E-state index is 12.2. The molecule has 2 aromatic heterocycles. The fourth-order valence-electron chi connectivity index (χ4n) is 2.36. The van der Waals surface area contributed by atoms with Gasteiger partial charge < -0.3 is 9.73 Å². The van der Waals surface area contributed by atoms with Crippen LogP contribution in [0.2, 0.25) is 0 Å². The monoisotopic (exact) mass is 375 g/mol. The molecule has 3 amide bonds. The number of aryl methyl sites for hydroxylation is 1. The normalized spacial score (nSPS) is 14.7. The Morgan fingerprint density at radius 2 is 2.27 bits per heavy atom. The zero-order valence-corrected chi connectivity index (χ0v) is 15.5. The summed E-state index contributed by atoms with van der Waals surface area (Å²) >= 11 is 1.24. The van der Waals surface area contributed by atoms with Crippen LogP contribution in [0.15, 0.2) is 34.6 Å². The van der Waals surface area contributed by atoms with E-state index in [0.717, 1.165) is 24.2 Å². The number of thioether (sulfide) groups is 1. The van der Waals surface area contributed by atoms with Crippen LogP contribution in [-0.4, -0.2) is 38.0 Å². The number of imide groups is 1. The van der Waals surface area contributed by atoms with E-state index in [1.54, 1.807) is 19.3 Å². The highest BCUT2D eigenvalue weighted by atomic mass is 32.2. The average Bonchev–Trinajstić information content (AvgIpc) is 3.18. The molecule has 9 heteroatoms. The first-order valence-corrected chi connectivity index (χ1v) is 9.24. The highest BCUT2D eigenvalue weighted by Gasteiger charge is 2.26. The van der Waals surface area contributed by atoms with Gasteiger partial charge in [0.05, 0.1) is 17.1 Å². The van der Waals surface area contributed by atoms with Crippen molar-refractivity contribution in [2.24, 2.45) is 0 Å². The van der Waals surface area contributed by atoms with Crippen LogP contribution in [0.1, 0.15) is 25.5 Å². The predicted molar refractivity (Wildman–Crippen MR) is 97.7 cm³/mol. The van der Waals surface area contributed by atoms with Crippen molar-refractivity contribution in [3.63, 3.8) is 0 Å². The van der Waals surface area contributed by atoms with Gasteiger partial charge in [0.1, 0.15) is 5.76 Å². The Morgan fingerprint density at radius 3 is 2.88 bits per heavy atom. The van der Waals surface area contributed by atoms with Gasteiger partial charge in [0.2, 0.25) is 5.91 Å². The van der Waals surface area contributed by atoms with Gasteiger partial charge in [-0.1, -0.05) is 17.8 Å². The minimum absolute atomic E-state index is 0.196. The van der Waals surface area contributed by atoms with E-state index >= 15 is 0 Å². The number of hydrogen-bond donors (Lipinski definition) is 2. The van der Waals surface area contributed by atoms with E-state index < -0.39 is 11.3 Å². The van der Waals surface area contributed by atoms with E-state index in [1.807, 2.05) is 17.6 Å². The summed E-state index contributed by atoms with van der Waals surface area (Å²) in [6.45, 7) is 7.83. The fourth-order valence-corrected chi connectivity index (χ4v) is 3.22. The molecule has 1 aliphatic rings. The summed E-state index contributed by atoms with van der Waals surface area (Å²) < 4.78 is 7.20. The van der Waals surface area contributed by atoms with Crippen LogP contribution in [0.5, 0.6) is 0 Å². The van der Waals surface area contributed by atoms with E-state index in [-0.39, 0.29) is 11.9 Å². The Balaban J connectivity index is 1.71. The first kappa shape index (κ1) is 18.2. The van der Waals surface area contributed by atoms with E-state index in [0.29, 0.717) is 17.5 Å². The van der Waals surface area contributed by atoms with Gasteiger partial charge in [0, 0.05) is 12.6 Å². The molecule has 2 N–H and O–H groups in total. The molecule has 1 aliphatic carbocycles. The van der Waals surface area contributed by atoms with Crippen molar-refractivity contribution in [1.29, 1.82) is 0 Å². The number of nitrogens with one attached hydrogen (secondary N) is 2. The first-order chi connectivity index (χ1) is 12.5. The number of urea groups is 1. The highest BCUT2D eigenvalue weighted by molar-refractivity contribution is 8.00. The standard InChI is InChI=1S/C17H21N5O3S/c1-4-8-22-14(13-7-9-25-10(13)2)20-21-17(22)26-11(3)15(23)19-16(24)18-12-5-6-12/h4,7,9,11-12H,1,5-6,8H2,2-3H3,(H2,18,19,23,24). The van der Waals surface area contributed by atoms with Crippen LogP contribution in [-0.2, 0) is 11.3 Å². The molecule has 0 aromatic carbocycles. The number of aromatic nitrogens is 3. The van der Waals surface area contributed by atoms with Crippen molar-refractivity contribution < 1.29 is 14.0 Å². The smallest absolute Gasteiger partial charge is 0.321 e. The van der Waals surface area contributed by atoms with Gasteiger partial charge in [-0.25, -0.2) is 4.79 Å². The van der Waals surface area contributed by atoms with Gasteiger partial charge >= 0.3 is 6.03 Å². The van der Waals surface area contributed by atoms with Gasteiger partial charge in [0.15, 0.2) is 11.0 Å². The molecule has 1 atom stereocenters. The second-order valence-electron chi connectivity index (χ2n) is 6.09. The third-order valence-electron chi connectivity index (χ3n) is 3.93. The molecule has 1 saturated carbocycles. The zero-order chi connectivity index (χ0) is 18.7. The first-order valence-electron chi connectivity index (χ1n) is 8.36. The Morgan fingerprint density at radius 1 is 1.50 bits per heavy atom. The fraction of sp³-hybridized carbons (Fsp3) is 0.412. The molecular weight excluding hydrogens is 354 g/mol. The number of furan rings is 1. The summed E-state index contributed by atoms with van der Waals surface area (Å²) in [5.41, 5.74) is 0.840. The molecule has 26 heavy (non-hydrogen) atoms. The number of hydrogen-bond acceptors (Lipinski definition) is 6. The van der Waals surface area contributed by atoms with E-state index in [2.05, 4.69) is 27.4 Å². The summed E-state index contributed by atoms with van der Waals surface area (Å²) in [4.78, 5) is 24.0.